The summed E-state index contributed by atoms with van der Waals surface area (Å²) in [5.74, 6) is -0.198. The van der Waals surface area contributed by atoms with E-state index in [1.807, 2.05) is 0 Å². The summed E-state index contributed by atoms with van der Waals surface area (Å²) in [6.07, 6.45) is -0.697. The zero-order chi connectivity index (χ0) is 19.4. The van der Waals surface area contributed by atoms with Crippen molar-refractivity contribution < 1.29 is 27.4 Å². The minimum atomic E-state index is -4.70. The molecule has 0 atom stereocenters. The van der Waals surface area contributed by atoms with E-state index in [1.54, 1.807) is 0 Å². The van der Waals surface area contributed by atoms with Gasteiger partial charge in [-0.3, -0.25) is 4.79 Å². The Morgan fingerprint density at radius 2 is 1.81 bits per heavy atom. The first kappa shape index (κ1) is 21.6. The van der Waals surface area contributed by atoms with Gasteiger partial charge in [-0.05, 0) is 30.5 Å². The lowest BCUT2D eigenvalue weighted by Gasteiger charge is -2.09. The Balaban J connectivity index is 2.20. The first-order valence-electron chi connectivity index (χ1n) is 8.25. The average Bonchev–Trinajstić information content (AvgIpc) is 2.58. The first-order chi connectivity index (χ1) is 12.3. The summed E-state index contributed by atoms with van der Waals surface area (Å²) in [6, 6.07) is 5.46. The molecule has 3 N–H and O–H groups in total. The quantitative estimate of drug-likeness (QED) is 0.284. The summed E-state index contributed by atoms with van der Waals surface area (Å²) in [4.78, 5) is 15.1. The molecule has 0 radical (unpaired) electrons. The number of unbranched alkanes of at least 4 members (excludes halogenated alkanes) is 3. The Hall–Kier alpha value is -2.45. The number of ether oxygens (including phenoxy) is 2. The topological polar surface area (TPSA) is 85.9 Å². The molecule has 1 aromatic rings. The van der Waals surface area contributed by atoms with Crippen LogP contribution in [-0.2, 0) is 16.1 Å². The SMILES string of the molecule is COC(=O)CCCCCCNC(N)=NCc1ccc(OC(F)(F)F)cc1. The van der Waals surface area contributed by atoms with Crippen LogP contribution >= 0.6 is 0 Å². The molecule has 1 rings (SSSR count). The number of nitrogens with zero attached hydrogens (tertiary/aromatic N) is 1. The highest BCUT2D eigenvalue weighted by Crippen LogP contribution is 2.22. The molecule has 0 spiro atoms. The molecule has 1 aromatic carbocycles. The number of halogens is 3. The summed E-state index contributed by atoms with van der Waals surface area (Å²) in [5, 5.41) is 2.97. The lowest BCUT2D eigenvalue weighted by atomic mass is 10.1. The van der Waals surface area contributed by atoms with E-state index >= 15 is 0 Å². The monoisotopic (exact) mass is 375 g/mol. The number of hydrogen-bond donors (Lipinski definition) is 2. The summed E-state index contributed by atoms with van der Waals surface area (Å²) in [6.45, 7) is 0.913. The maximum absolute atomic E-state index is 12.1. The zero-order valence-corrected chi connectivity index (χ0v) is 14.6. The number of carbonyl (C=O) groups excluding carboxylic acids is 1. The van der Waals surface area contributed by atoms with Gasteiger partial charge in [0.2, 0.25) is 0 Å². The number of hydrogen-bond acceptors (Lipinski definition) is 4. The van der Waals surface area contributed by atoms with Crippen molar-refractivity contribution in [3.05, 3.63) is 29.8 Å². The number of aliphatic imine (C=N–C) groups is 1. The van der Waals surface area contributed by atoms with Crippen molar-refractivity contribution in [1.82, 2.24) is 5.32 Å². The van der Waals surface area contributed by atoms with E-state index in [0.717, 1.165) is 25.7 Å². The number of methoxy groups -OCH3 is 1. The summed E-state index contributed by atoms with van der Waals surface area (Å²) in [5.41, 5.74) is 6.45. The third-order valence-corrected chi connectivity index (χ3v) is 3.43. The van der Waals surface area contributed by atoms with E-state index in [9.17, 15) is 18.0 Å². The van der Waals surface area contributed by atoms with E-state index in [-0.39, 0.29) is 24.2 Å². The number of nitrogens with two attached hydrogens (primary N) is 1. The maximum atomic E-state index is 12.1. The second-order valence-corrected chi connectivity index (χ2v) is 5.56. The van der Waals surface area contributed by atoms with E-state index in [0.29, 0.717) is 18.5 Å². The predicted molar refractivity (Wildman–Crippen MR) is 91.6 cm³/mol. The van der Waals surface area contributed by atoms with Gasteiger partial charge in [0.25, 0.3) is 0 Å². The van der Waals surface area contributed by atoms with Crippen LogP contribution in [0.3, 0.4) is 0 Å². The van der Waals surface area contributed by atoms with E-state index in [4.69, 9.17) is 5.73 Å². The van der Waals surface area contributed by atoms with Crippen LogP contribution in [0.4, 0.5) is 13.2 Å². The normalized spacial score (nSPS) is 11.9. The minimum Gasteiger partial charge on any atom is -0.469 e. The Morgan fingerprint density at radius 1 is 1.15 bits per heavy atom. The second-order valence-electron chi connectivity index (χ2n) is 5.56. The number of alkyl halides is 3. The van der Waals surface area contributed by atoms with Gasteiger partial charge in [0, 0.05) is 13.0 Å². The van der Waals surface area contributed by atoms with Crippen LogP contribution in [0.25, 0.3) is 0 Å². The average molecular weight is 375 g/mol. The predicted octanol–water partition coefficient (Wildman–Crippen LogP) is 3.11. The number of guanidine groups is 1. The molecule has 0 aliphatic rings. The second kappa shape index (κ2) is 11.2. The fourth-order valence-corrected chi connectivity index (χ4v) is 2.10. The van der Waals surface area contributed by atoms with Crippen molar-refractivity contribution in [2.75, 3.05) is 13.7 Å². The van der Waals surface area contributed by atoms with Crippen molar-refractivity contribution >= 4 is 11.9 Å². The highest BCUT2D eigenvalue weighted by Gasteiger charge is 2.30. The van der Waals surface area contributed by atoms with Crippen molar-refractivity contribution in [3.63, 3.8) is 0 Å². The molecule has 0 heterocycles. The molecular formula is C17H24F3N3O3. The van der Waals surface area contributed by atoms with Crippen LogP contribution in [0.2, 0.25) is 0 Å². The summed E-state index contributed by atoms with van der Waals surface area (Å²) in [7, 11) is 1.37. The lowest BCUT2D eigenvalue weighted by molar-refractivity contribution is -0.274. The Kier molecular flexibility index (Phi) is 9.32. The number of carbonyl (C=O) groups is 1. The van der Waals surface area contributed by atoms with Crippen molar-refractivity contribution in [2.45, 2.75) is 45.0 Å². The fraction of sp³-hybridized carbons (Fsp3) is 0.529. The third-order valence-electron chi connectivity index (χ3n) is 3.43. The van der Waals surface area contributed by atoms with E-state index in [1.165, 1.54) is 31.4 Å². The van der Waals surface area contributed by atoms with Crippen LogP contribution < -0.4 is 15.8 Å². The smallest absolute Gasteiger partial charge is 0.469 e. The van der Waals surface area contributed by atoms with Gasteiger partial charge in [0.1, 0.15) is 5.75 Å². The molecule has 0 fully saturated rings. The van der Waals surface area contributed by atoms with Crippen molar-refractivity contribution in [3.8, 4) is 5.75 Å². The van der Waals surface area contributed by atoms with Gasteiger partial charge in [-0.15, -0.1) is 13.2 Å². The van der Waals surface area contributed by atoms with E-state index < -0.39 is 6.36 Å². The van der Waals surface area contributed by atoms with Gasteiger partial charge in [-0.1, -0.05) is 25.0 Å². The van der Waals surface area contributed by atoms with Gasteiger partial charge >= 0.3 is 12.3 Å². The fourth-order valence-electron chi connectivity index (χ4n) is 2.10. The van der Waals surface area contributed by atoms with E-state index in [2.05, 4.69) is 19.8 Å². The highest BCUT2D eigenvalue weighted by atomic mass is 19.4. The molecule has 0 aliphatic heterocycles. The van der Waals surface area contributed by atoms with Crippen LogP contribution in [0.15, 0.2) is 29.3 Å². The maximum Gasteiger partial charge on any atom is 0.573 e. The Labute approximate surface area is 150 Å². The highest BCUT2D eigenvalue weighted by molar-refractivity contribution is 5.77. The van der Waals surface area contributed by atoms with Crippen LogP contribution in [0.5, 0.6) is 5.75 Å². The third kappa shape index (κ3) is 10.4. The molecule has 0 aromatic heterocycles. The number of benzene rings is 1. The van der Waals surface area contributed by atoms with Gasteiger partial charge in [-0.25, -0.2) is 4.99 Å². The molecule has 0 aliphatic carbocycles. The Bertz CT molecular complexity index is 575. The standard InChI is InChI=1S/C17H24F3N3O3/c1-25-15(24)6-4-2-3-5-11-22-16(21)23-12-13-7-9-14(10-8-13)26-17(18,19)20/h7-10H,2-6,11-12H2,1H3,(H3,21,22,23). The molecule has 0 bridgehead atoms. The van der Waals surface area contributed by atoms with Gasteiger partial charge in [-0.2, -0.15) is 0 Å². The summed E-state index contributed by atoms with van der Waals surface area (Å²) >= 11 is 0. The van der Waals surface area contributed by atoms with Gasteiger partial charge < -0.3 is 20.5 Å². The minimum absolute atomic E-state index is 0.197. The van der Waals surface area contributed by atoms with Crippen LogP contribution in [0, 0.1) is 0 Å². The largest absolute Gasteiger partial charge is 0.573 e. The van der Waals surface area contributed by atoms with Crippen molar-refractivity contribution in [2.24, 2.45) is 10.7 Å². The van der Waals surface area contributed by atoms with Gasteiger partial charge in [0.15, 0.2) is 5.96 Å². The lowest BCUT2D eigenvalue weighted by Crippen LogP contribution is -2.32. The molecule has 9 heteroatoms. The molecule has 0 saturated heterocycles. The number of esters is 1. The zero-order valence-electron chi connectivity index (χ0n) is 14.6. The molecule has 0 saturated carbocycles. The number of nitrogens with one attached hydrogen (secondary N) is 1. The molecular weight excluding hydrogens is 351 g/mol. The molecule has 146 valence electrons. The van der Waals surface area contributed by atoms with Crippen LogP contribution in [-0.4, -0.2) is 31.9 Å². The first-order valence-corrected chi connectivity index (χ1v) is 8.25. The summed E-state index contributed by atoms with van der Waals surface area (Å²) < 4.78 is 44.6. The van der Waals surface area contributed by atoms with Crippen LogP contribution in [0.1, 0.15) is 37.7 Å². The van der Waals surface area contributed by atoms with Gasteiger partial charge in [0.05, 0.1) is 13.7 Å². The van der Waals surface area contributed by atoms with Crippen molar-refractivity contribution in [1.29, 1.82) is 0 Å². The molecule has 26 heavy (non-hydrogen) atoms. The molecule has 0 amide bonds. The molecule has 6 nitrogen and oxygen atoms in total. The number of rotatable bonds is 10. The Morgan fingerprint density at radius 3 is 2.42 bits per heavy atom. The molecule has 0 unspecified atom stereocenters.